The van der Waals surface area contributed by atoms with Gasteiger partial charge in [-0.2, -0.15) is 0 Å². The van der Waals surface area contributed by atoms with Crippen LogP contribution >= 0.6 is 0 Å². The summed E-state index contributed by atoms with van der Waals surface area (Å²) in [5.74, 6) is -3.41. The highest BCUT2D eigenvalue weighted by Crippen LogP contribution is 2.26. The normalized spacial score (nSPS) is 19.8. The molecule has 1 aliphatic rings. The van der Waals surface area contributed by atoms with E-state index >= 15 is 0 Å². The number of benzene rings is 1. The van der Waals surface area contributed by atoms with Crippen molar-refractivity contribution in [1.82, 2.24) is 0 Å². The maximum atomic E-state index is 12.4. The molecule has 0 saturated carbocycles. The van der Waals surface area contributed by atoms with Gasteiger partial charge in [-0.25, -0.2) is 9.59 Å². The quantitative estimate of drug-likeness (QED) is 0.523. The zero-order valence-electron chi connectivity index (χ0n) is 13.0. The highest BCUT2D eigenvalue weighted by Gasteiger charge is 2.42. The molecule has 0 fully saturated rings. The van der Waals surface area contributed by atoms with E-state index < -0.39 is 42.3 Å². The Morgan fingerprint density at radius 3 is 2.71 bits per heavy atom. The first-order valence-corrected chi connectivity index (χ1v) is 7.33. The number of aliphatic hydroxyl groups excluding tert-OH is 3. The standard InChI is InChI=1S/C16H19NO7/c1-8(17)6-9-4-2-3-5-10(9)15(21)24-14-12(20)16(22)23-13(14)11(19)7-18/h2-5,8,11,13,18-20H,6-7,17H2,1H3/t8-,11+,13-/m1/s1. The van der Waals surface area contributed by atoms with Gasteiger partial charge in [-0.3, -0.25) is 0 Å². The molecule has 0 aliphatic carbocycles. The zero-order chi connectivity index (χ0) is 17.9. The Bertz CT molecular complexity index is 668. The number of hydrogen-bond acceptors (Lipinski definition) is 8. The van der Waals surface area contributed by atoms with Crippen LogP contribution in [-0.4, -0.2) is 52.1 Å². The molecule has 3 atom stereocenters. The Labute approximate surface area is 138 Å². The van der Waals surface area contributed by atoms with E-state index in [2.05, 4.69) is 0 Å². The second kappa shape index (κ2) is 7.43. The maximum Gasteiger partial charge on any atom is 0.378 e. The second-order valence-corrected chi connectivity index (χ2v) is 5.52. The topological polar surface area (TPSA) is 139 Å². The van der Waals surface area contributed by atoms with Crippen LogP contribution < -0.4 is 5.73 Å². The van der Waals surface area contributed by atoms with Crippen molar-refractivity contribution in [1.29, 1.82) is 0 Å². The van der Waals surface area contributed by atoms with Crippen LogP contribution in [0.25, 0.3) is 0 Å². The van der Waals surface area contributed by atoms with Gasteiger partial charge in [0.25, 0.3) is 0 Å². The molecule has 130 valence electrons. The molecule has 1 heterocycles. The molecule has 0 amide bonds. The number of rotatable bonds is 6. The average molecular weight is 337 g/mol. The van der Waals surface area contributed by atoms with E-state index in [1.54, 1.807) is 25.1 Å². The summed E-state index contributed by atoms with van der Waals surface area (Å²) < 4.78 is 9.77. The number of carbonyl (C=O) groups is 2. The van der Waals surface area contributed by atoms with Crippen LogP contribution in [0.5, 0.6) is 0 Å². The number of hydrogen-bond donors (Lipinski definition) is 4. The number of carbonyl (C=O) groups excluding carboxylic acids is 2. The van der Waals surface area contributed by atoms with Gasteiger partial charge >= 0.3 is 11.9 Å². The van der Waals surface area contributed by atoms with Crippen LogP contribution in [0.2, 0.25) is 0 Å². The fraction of sp³-hybridized carbons (Fsp3) is 0.375. The summed E-state index contributed by atoms with van der Waals surface area (Å²) in [5.41, 5.74) is 6.61. The first-order chi connectivity index (χ1) is 11.3. The van der Waals surface area contributed by atoms with E-state index in [0.29, 0.717) is 12.0 Å². The highest BCUT2D eigenvalue weighted by molar-refractivity contribution is 5.94. The molecule has 8 nitrogen and oxygen atoms in total. The highest BCUT2D eigenvalue weighted by atomic mass is 16.6. The SMILES string of the molecule is C[C@@H](N)Cc1ccccc1C(=O)OC1=C(O)C(=O)O[C@@H]1[C@@H](O)CO. The van der Waals surface area contributed by atoms with E-state index in [9.17, 15) is 19.8 Å². The van der Waals surface area contributed by atoms with Crippen LogP contribution in [0.15, 0.2) is 35.8 Å². The Hall–Kier alpha value is -2.42. The molecule has 1 aromatic rings. The van der Waals surface area contributed by atoms with Gasteiger partial charge in [-0.05, 0) is 25.0 Å². The largest absolute Gasteiger partial charge is 0.499 e. The lowest BCUT2D eigenvalue weighted by atomic mass is 10.0. The van der Waals surface area contributed by atoms with E-state index in [0.717, 1.165) is 0 Å². The van der Waals surface area contributed by atoms with Gasteiger partial charge in [0.1, 0.15) is 6.10 Å². The Kier molecular flexibility index (Phi) is 5.55. The molecular weight excluding hydrogens is 318 g/mol. The molecule has 1 aliphatic heterocycles. The predicted molar refractivity (Wildman–Crippen MR) is 81.8 cm³/mol. The van der Waals surface area contributed by atoms with Gasteiger partial charge in [-0.1, -0.05) is 18.2 Å². The summed E-state index contributed by atoms with van der Waals surface area (Å²) in [6, 6.07) is 6.42. The van der Waals surface area contributed by atoms with Crippen molar-refractivity contribution >= 4 is 11.9 Å². The molecule has 24 heavy (non-hydrogen) atoms. The molecule has 5 N–H and O–H groups in total. The van der Waals surface area contributed by atoms with Crippen molar-refractivity contribution in [2.45, 2.75) is 31.6 Å². The van der Waals surface area contributed by atoms with E-state index in [-0.39, 0.29) is 11.6 Å². The fourth-order valence-electron chi connectivity index (χ4n) is 2.31. The summed E-state index contributed by atoms with van der Waals surface area (Å²) in [5, 5.41) is 28.3. The molecule has 0 unspecified atom stereocenters. The molecular formula is C16H19NO7. The third-order valence-electron chi connectivity index (χ3n) is 3.44. The fourth-order valence-corrected chi connectivity index (χ4v) is 2.31. The molecule has 2 rings (SSSR count). The maximum absolute atomic E-state index is 12.4. The van der Waals surface area contributed by atoms with Crippen LogP contribution in [0, 0.1) is 0 Å². The van der Waals surface area contributed by atoms with Crippen molar-refractivity contribution in [3.63, 3.8) is 0 Å². The first-order valence-electron chi connectivity index (χ1n) is 7.33. The predicted octanol–water partition coefficient (Wildman–Crippen LogP) is -0.219. The third kappa shape index (κ3) is 3.73. The van der Waals surface area contributed by atoms with Gasteiger partial charge < -0.3 is 30.5 Å². The minimum absolute atomic E-state index is 0.188. The lowest BCUT2D eigenvalue weighted by Crippen LogP contribution is -2.33. The van der Waals surface area contributed by atoms with Crippen molar-refractivity contribution in [3.05, 3.63) is 46.9 Å². The van der Waals surface area contributed by atoms with Crippen molar-refractivity contribution in [3.8, 4) is 0 Å². The summed E-state index contributed by atoms with van der Waals surface area (Å²) in [4.78, 5) is 23.8. The van der Waals surface area contributed by atoms with Crippen molar-refractivity contribution < 1.29 is 34.4 Å². The second-order valence-electron chi connectivity index (χ2n) is 5.52. The van der Waals surface area contributed by atoms with Gasteiger partial charge in [0, 0.05) is 6.04 Å². The minimum Gasteiger partial charge on any atom is -0.499 e. The lowest BCUT2D eigenvalue weighted by molar-refractivity contribution is -0.147. The van der Waals surface area contributed by atoms with Gasteiger partial charge in [0.05, 0.1) is 12.2 Å². The number of nitrogens with two attached hydrogens (primary N) is 1. The molecule has 0 bridgehead atoms. The number of ether oxygens (including phenoxy) is 2. The summed E-state index contributed by atoms with van der Waals surface area (Å²) in [6.07, 6.45) is -2.55. The first kappa shape index (κ1) is 17.9. The Morgan fingerprint density at radius 1 is 1.42 bits per heavy atom. The molecule has 0 aromatic heterocycles. The molecule has 8 heteroatoms. The van der Waals surface area contributed by atoms with Crippen LogP contribution in [0.3, 0.4) is 0 Å². The van der Waals surface area contributed by atoms with Crippen LogP contribution in [0.1, 0.15) is 22.8 Å². The van der Waals surface area contributed by atoms with E-state index in [4.69, 9.17) is 20.3 Å². The molecule has 0 saturated heterocycles. The summed E-state index contributed by atoms with van der Waals surface area (Å²) in [6.45, 7) is 1.04. The Morgan fingerprint density at radius 2 is 2.08 bits per heavy atom. The number of cyclic esters (lactones) is 1. The van der Waals surface area contributed by atoms with Crippen LogP contribution in [0.4, 0.5) is 0 Å². The third-order valence-corrected chi connectivity index (χ3v) is 3.44. The zero-order valence-corrected chi connectivity index (χ0v) is 13.0. The Balaban J connectivity index is 2.27. The van der Waals surface area contributed by atoms with Crippen molar-refractivity contribution in [2.24, 2.45) is 5.73 Å². The van der Waals surface area contributed by atoms with Crippen LogP contribution in [-0.2, 0) is 20.7 Å². The number of aliphatic hydroxyl groups is 3. The monoisotopic (exact) mass is 337 g/mol. The van der Waals surface area contributed by atoms with Gasteiger partial charge in [0.2, 0.25) is 11.5 Å². The van der Waals surface area contributed by atoms with Crippen molar-refractivity contribution in [2.75, 3.05) is 6.61 Å². The average Bonchev–Trinajstić information content (AvgIpc) is 2.82. The molecule has 0 spiro atoms. The molecule has 1 aromatic carbocycles. The number of esters is 2. The molecule has 0 radical (unpaired) electrons. The summed E-state index contributed by atoms with van der Waals surface area (Å²) >= 11 is 0. The van der Waals surface area contributed by atoms with Gasteiger partial charge in [-0.15, -0.1) is 0 Å². The summed E-state index contributed by atoms with van der Waals surface area (Å²) in [7, 11) is 0. The van der Waals surface area contributed by atoms with E-state index in [1.807, 2.05) is 0 Å². The van der Waals surface area contributed by atoms with E-state index in [1.165, 1.54) is 6.07 Å². The minimum atomic E-state index is -1.53. The smallest absolute Gasteiger partial charge is 0.378 e. The van der Waals surface area contributed by atoms with Gasteiger partial charge in [0.15, 0.2) is 6.10 Å². The lowest BCUT2D eigenvalue weighted by Gasteiger charge is -2.18.